The first kappa shape index (κ1) is 19.2. The van der Waals surface area contributed by atoms with Crippen molar-refractivity contribution in [3.8, 4) is 11.5 Å². The molecule has 0 aliphatic rings. The van der Waals surface area contributed by atoms with Gasteiger partial charge in [-0.15, -0.1) is 0 Å². The Labute approximate surface area is 151 Å². The van der Waals surface area contributed by atoms with Gasteiger partial charge >= 0.3 is 5.97 Å². The Morgan fingerprint density at radius 3 is 2.04 bits per heavy atom. The first-order chi connectivity index (χ1) is 12.2. The molecule has 0 fully saturated rings. The second-order valence-corrected chi connectivity index (χ2v) is 6.67. The van der Waals surface area contributed by atoms with Crippen molar-refractivity contribution >= 4 is 18.5 Å². The molecule has 136 valence electrons. The number of esters is 1. The van der Waals surface area contributed by atoms with Crippen molar-refractivity contribution in [2.24, 2.45) is 0 Å². The Bertz CT molecular complexity index is 786. The number of hydrogen-bond acceptors (Lipinski definition) is 6. The molecule has 6 heteroatoms. The summed E-state index contributed by atoms with van der Waals surface area (Å²) in [7, 11) is 0. The van der Waals surface area contributed by atoms with Gasteiger partial charge in [0, 0.05) is 0 Å². The van der Waals surface area contributed by atoms with E-state index in [-0.39, 0.29) is 29.2 Å². The summed E-state index contributed by atoms with van der Waals surface area (Å²) in [5, 5.41) is 9.70. The van der Waals surface area contributed by atoms with Crippen molar-refractivity contribution in [3.63, 3.8) is 0 Å². The molecule has 1 N–H and O–H groups in total. The second kappa shape index (κ2) is 7.82. The number of ether oxygens (including phenoxy) is 2. The number of carbonyl (C=O) groups excluding carboxylic acids is 3. The number of rotatable bonds is 6. The smallest absolute Gasteiger partial charge is 0.338 e. The highest BCUT2D eigenvalue weighted by Gasteiger charge is 2.17. The zero-order chi connectivity index (χ0) is 19.3. The number of hydrogen-bond donors (Lipinski definition) is 1. The van der Waals surface area contributed by atoms with Gasteiger partial charge in [-0.2, -0.15) is 0 Å². The van der Waals surface area contributed by atoms with Gasteiger partial charge in [-0.1, -0.05) is 12.1 Å². The normalized spacial score (nSPS) is 10.9. The van der Waals surface area contributed by atoms with Crippen LogP contribution in [-0.2, 0) is 11.3 Å². The first-order valence-corrected chi connectivity index (χ1v) is 7.96. The zero-order valence-electron chi connectivity index (χ0n) is 14.8. The minimum absolute atomic E-state index is 0.0233. The fourth-order valence-electron chi connectivity index (χ4n) is 2.16. The lowest BCUT2D eigenvalue weighted by Gasteiger charge is -2.19. The minimum atomic E-state index is -0.565. The summed E-state index contributed by atoms with van der Waals surface area (Å²) in [5.74, 6) is -0.498. The third-order valence-electron chi connectivity index (χ3n) is 3.39. The van der Waals surface area contributed by atoms with Gasteiger partial charge in [-0.25, -0.2) is 4.79 Å². The maximum Gasteiger partial charge on any atom is 0.338 e. The molecule has 0 unspecified atom stereocenters. The summed E-state index contributed by atoms with van der Waals surface area (Å²) < 4.78 is 10.9. The molecule has 0 radical (unpaired) electrons. The van der Waals surface area contributed by atoms with Crippen LogP contribution >= 0.6 is 0 Å². The Kier molecular flexibility index (Phi) is 5.77. The molecule has 0 saturated heterocycles. The van der Waals surface area contributed by atoms with Gasteiger partial charge in [-0.3, -0.25) is 9.59 Å². The van der Waals surface area contributed by atoms with E-state index in [4.69, 9.17) is 9.47 Å². The van der Waals surface area contributed by atoms with Crippen LogP contribution in [0.3, 0.4) is 0 Å². The summed E-state index contributed by atoms with van der Waals surface area (Å²) in [6.45, 7) is 5.56. The van der Waals surface area contributed by atoms with Crippen molar-refractivity contribution in [3.05, 3.63) is 58.7 Å². The predicted molar refractivity (Wildman–Crippen MR) is 94.8 cm³/mol. The molecular weight excluding hydrogens is 336 g/mol. The lowest BCUT2D eigenvalue weighted by molar-refractivity contribution is 0.00693. The lowest BCUT2D eigenvalue weighted by Crippen LogP contribution is -2.23. The van der Waals surface area contributed by atoms with E-state index < -0.39 is 11.6 Å². The highest BCUT2D eigenvalue weighted by atomic mass is 16.6. The van der Waals surface area contributed by atoms with Crippen LogP contribution in [0, 0.1) is 0 Å². The first-order valence-electron chi connectivity index (χ1n) is 7.96. The van der Waals surface area contributed by atoms with Crippen molar-refractivity contribution in [2.75, 3.05) is 0 Å². The van der Waals surface area contributed by atoms with Crippen LogP contribution < -0.4 is 4.74 Å². The van der Waals surface area contributed by atoms with Crippen LogP contribution in [0.15, 0.2) is 36.4 Å². The Morgan fingerprint density at radius 2 is 1.58 bits per heavy atom. The van der Waals surface area contributed by atoms with Gasteiger partial charge in [-0.05, 0) is 50.6 Å². The van der Waals surface area contributed by atoms with Gasteiger partial charge in [0.2, 0.25) is 0 Å². The predicted octanol–water partition coefficient (Wildman–Crippen LogP) is 3.55. The molecule has 2 aromatic carbocycles. The summed E-state index contributed by atoms with van der Waals surface area (Å²) in [5.41, 5.74) is 0.602. The van der Waals surface area contributed by atoms with E-state index in [1.807, 2.05) is 0 Å². The molecule has 6 nitrogen and oxygen atoms in total. The van der Waals surface area contributed by atoms with Crippen LogP contribution in [0.25, 0.3) is 0 Å². The topological polar surface area (TPSA) is 89.9 Å². The second-order valence-electron chi connectivity index (χ2n) is 6.67. The third kappa shape index (κ3) is 4.92. The molecule has 0 aliphatic carbocycles. The SMILES string of the molecule is CC(C)(C)OC(=O)c1ccc(COc2cc(C=O)c(O)c(C=O)c2)cc1. The Balaban J connectivity index is 2.08. The summed E-state index contributed by atoms with van der Waals surface area (Å²) in [6.07, 6.45) is 0.898. The van der Waals surface area contributed by atoms with Crippen molar-refractivity contribution < 1.29 is 29.0 Å². The minimum Gasteiger partial charge on any atom is -0.506 e. The van der Waals surface area contributed by atoms with Gasteiger partial charge < -0.3 is 14.6 Å². The van der Waals surface area contributed by atoms with Crippen molar-refractivity contribution in [1.29, 1.82) is 0 Å². The summed E-state index contributed by atoms with van der Waals surface area (Å²) >= 11 is 0. The molecular formula is C20H20O6. The highest BCUT2D eigenvalue weighted by molar-refractivity contribution is 5.90. The summed E-state index contributed by atoms with van der Waals surface area (Å²) in [4.78, 5) is 33.9. The molecule has 0 aromatic heterocycles. The number of aldehydes is 2. The molecule has 0 heterocycles. The standard InChI is InChI=1S/C20H20O6/c1-20(2,3)26-19(24)14-6-4-13(5-7-14)12-25-17-8-15(10-21)18(23)16(9-17)11-22/h4-11,23H,12H2,1-3H3. The largest absolute Gasteiger partial charge is 0.506 e. The zero-order valence-corrected chi connectivity index (χ0v) is 14.8. The fourth-order valence-corrected chi connectivity index (χ4v) is 2.16. The van der Waals surface area contributed by atoms with Crippen molar-refractivity contribution in [1.82, 2.24) is 0 Å². The van der Waals surface area contributed by atoms with Gasteiger partial charge in [0.15, 0.2) is 12.6 Å². The molecule has 0 aliphatic heterocycles. The fraction of sp³-hybridized carbons (Fsp3) is 0.250. The van der Waals surface area contributed by atoms with E-state index >= 15 is 0 Å². The maximum atomic E-state index is 12.0. The van der Waals surface area contributed by atoms with Crippen molar-refractivity contribution in [2.45, 2.75) is 33.0 Å². The average molecular weight is 356 g/mol. The van der Waals surface area contributed by atoms with E-state index in [9.17, 15) is 19.5 Å². The van der Waals surface area contributed by atoms with Crippen LogP contribution in [0.5, 0.6) is 11.5 Å². The molecule has 2 aromatic rings. The van der Waals surface area contributed by atoms with Crippen LogP contribution in [-0.4, -0.2) is 29.2 Å². The summed E-state index contributed by atoms with van der Waals surface area (Å²) in [6, 6.07) is 9.42. The van der Waals surface area contributed by atoms with Crippen LogP contribution in [0.1, 0.15) is 57.4 Å². The highest BCUT2D eigenvalue weighted by Crippen LogP contribution is 2.26. The van der Waals surface area contributed by atoms with E-state index in [2.05, 4.69) is 0 Å². The van der Waals surface area contributed by atoms with E-state index in [1.54, 1.807) is 45.0 Å². The number of phenolic OH excluding ortho intramolecular Hbond substituents is 1. The molecule has 0 atom stereocenters. The number of aromatic hydroxyl groups is 1. The number of carbonyl (C=O) groups is 3. The monoisotopic (exact) mass is 356 g/mol. The number of benzene rings is 2. The molecule has 0 bridgehead atoms. The van der Waals surface area contributed by atoms with Gasteiger partial charge in [0.1, 0.15) is 23.7 Å². The van der Waals surface area contributed by atoms with Gasteiger partial charge in [0.25, 0.3) is 0 Å². The Morgan fingerprint density at radius 1 is 1.04 bits per heavy atom. The average Bonchev–Trinajstić information content (AvgIpc) is 2.59. The lowest BCUT2D eigenvalue weighted by atomic mass is 10.1. The quantitative estimate of drug-likeness (QED) is 0.629. The van der Waals surface area contributed by atoms with Gasteiger partial charge in [0.05, 0.1) is 16.7 Å². The van der Waals surface area contributed by atoms with E-state index in [0.717, 1.165) is 5.56 Å². The molecule has 0 spiro atoms. The maximum absolute atomic E-state index is 12.0. The molecule has 0 amide bonds. The van der Waals surface area contributed by atoms with E-state index in [0.29, 0.717) is 18.1 Å². The molecule has 26 heavy (non-hydrogen) atoms. The van der Waals surface area contributed by atoms with Crippen LogP contribution in [0.2, 0.25) is 0 Å². The number of phenols is 1. The van der Waals surface area contributed by atoms with E-state index in [1.165, 1.54) is 12.1 Å². The molecule has 2 rings (SSSR count). The third-order valence-corrected chi connectivity index (χ3v) is 3.39. The van der Waals surface area contributed by atoms with Crippen LogP contribution in [0.4, 0.5) is 0 Å². The Hall–Kier alpha value is -3.15. The molecule has 0 saturated carbocycles.